The molecule has 1 saturated heterocycles. The Morgan fingerprint density at radius 3 is 2.61 bits per heavy atom. The van der Waals surface area contributed by atoms with Crippen molar-refractivity contribution in [2.45, 2.75) is 33.7 Å². The number of benzene rings is 1. The van der Waals surface area contributed by atoms with Gasteiger partial charge in [-0.05, 0) is 18.1 Å². The van der Waals surface area contributed by atoms with E-state index in [1.807, 2.05) is 24.8 Å². The van der Waals surface area contributed by atoms with Gasteiger partial charge in [-0.3, -0.25) is 4.79 Å². The zero-order chi connectivity index (χ0) is 13.5. The Morgan fingerprint density at radius 2 is 2.00 bits per heavy atom. The van der Waals surface area contributed by atoms with Crippen LogP contribution in [-0.2, 0) is 4.79 Å². The minimum Gasteiger partial charge on any atom is -0.340 e. The summed E-state index contributed by atoms with van der Waals surface area (Å²) in [5.74, 6) is 0.167. The molecule has 2 rings (SSSR count). The number of hydrogen-bond donors (Lipinski definition) is 1. The fraction of sp³-hybridized carbons (Fsp3) is 0.533. The predicted octanol–water partition coefficient (Wildman–Crippen LogP) is 2.51. The largest absolute Gasteiger partial charge is 0.340 e. The van der Waals surface area contributed by atoms with Crippen molar-refractivity contribution in [1.82, 2.24) is 10.2 Å². The lowest BCUT2D eigenvalue weighted by atomic mass is 9.99. The summed E-state index contributed by atoms with van der Waals surface area (Å²) in [5, 5.41) is 3.47. The lowest BCUT2D eigenvalue weighted by Crippen LogP contribution is -2.47. The third kappa shape index (κ3) is 3.57. The van der Waals surface area contributed by atoms with Gasteiger partial charge >= 0.3 is 0 Å². The molecule has 0 radical (unpaired) electrons. The molecule has 1 fully saturated rings. The van der Waals surface area contributed by atoms with Crippen molar-refractivity contribution in [3.8, 4) is 0 Å². The molecule has 3 heteroatoms. The van der Waals surface area contributed by atoms with E-state index < -0.39 is 0 Å². The third-order valence-corrected chi connectivity index (χ3v) is 3.18. The SMILES string of the molecule is CC.CC(=O)N1CCNC(c2ccccc2C)C1. The second-order valence-corrected chi connectivity index (χ2v) is 4.33. The van der Waals surface area contributed by atoms with Crippen LogP contribution in [-0.4, -0.2) is 30.4 Å². The van der Waals surface area contributed by atoms with E-state index in [1.165, 1.54) is 11.1 Å². The van der Waals surface area contributed by atoms with Gasteiger partial charge in [-0.1, -0.05) is 38.1 Å². The van der Waals surface area contributed by atoms with Gasteiger partial charge in [0.1, 0.15) is 0 Å². The number of carbonyl (C=O) groups is 1. The van der Waals surface area contributed by atoms with Crippen LogP contribution < -0.4 is 5.32 Å². The van der Waals surface area contributed by atoms with Crippen molar-refractivity contribution in [1.29, 1.82) is 0 Å². The molecule has 0 saturated carbocycles. The molecular formula is C15H24N2O. The standard InChI is InChI=1S/C13H18N2O.C2H6/c1-10-5-3-4-6-12(10)13-9-15(11(2)16)8-7-14-13;1-2/h3-6,13-14H,7-9H2,1-2H3;1-2H3. The highest BCUT2D eigenvalue weighted by atomic mass is 16.2. The van der Waals surface area contributed by atoms with Gasteiger partial charge in [0, 0.05) is 26.6 Å². The maximum Gasteiger partial charge on any atom is 0.219 e. The molecule has 1 heterocycles. The molecule has 0 spiro atoms. The zero-order valence-electron chi connectivity index (χ0n) is 11.9. The Kier molecular flexibility index (Phi) is 5.86. The van der Waals surface area contributed by atoms with Crippen LogP contribution in [0.4, 0.5) is 0 Å². The van der Waals surface area contributed by atoms with Crippen molar-refractivity contribution in [3.05, 3.63) is 35.4 Å². The molecule has 1 unspecified atom stereocenters. The average Bonchev–Trinajstić information content (AvgIpc) is 2.42. The van der Waals surface area contributed by atoms with Crippen molar-refractivity contribution in [2.75, 3.05) is 19.6 Å². The summed E-state index contributed by atoms with van der Waals surface area (Å²) < 4.78 is 0. The summed E-state index contributed by atoms with van der Waals surface area (Å²) in [6.07, 6.45) is 0. The molecule has 18 heavy (non-hydrogen) atoms. The molecule has 1 atom stereocenters. The highest BCUT2D eigenvalue weighted by Crippen LogP contribution is 2.20. The van der Waals surface area contributed by atoms with Crippen molar-refractivity contribution < 1.29 is 4.79 Å². The number of piperazine rings is 1. The van der Waals surface area contributed by atoms with Crippen LogP contribution in [0, 0.1) is 6.92 Å². The topological polar surface area (TPSA) is 32.3 Å². The van der Waals surface area contributed by atoms with Gasteiger partial charge < -0.3 is 10.2 Å². The number of hydrogen-bond acceptors (Lipinski definition) is 2. The van der Waals surface area contributed by atoms with Gasteiger partial charge in [-0.15, -0.1) is 0 Å². The number of aryl methyl sites for hydroxylation is 1. The van der Waals surface area contributed by atoms with Crippen LogP contribution in [0.25, 0.3) is 0 Å². The number of amides is 1. The summed E-state index contributed by atoms with van der Waals surface area (Å²) in [4.78, 5) is 13.3. The summed E-state index contributed by atoms with van der Waals surface area (Å²) in [7, 11) is 0. The van der Waals surface area contributed by atoms with E-state index >= 15 is 0 Å². The first-order valence-electron chi connectivity index (χ1n) is 6.73. The normalized spacial score (nSPS) is 18.9. The Hall–Kier alpha value is -1.35. The molecule has 0 bridgehead atoms. The van der Waals surface area contributed by atoms with E-state index in [0.29, 0.717) is 0 Å². The average molecular weight is 248 g/mol. The fourth-order valence-electron chi connectivity index (χ4n) is 2.22. The minimum atomic E-state index is 0.167. The maximum atomic E-state index is 11.4. The quantitative estimate of drug-likeness (QED) is 0.828. The van der Waals surface area contributed by atoms with Gasteiger partial charge in [0.05, 0.1) is 6.04 Å². The van der Waals surface area contributed by atoms with E-state index in [2.05, 4.69) is 30.4 Å². The zero-order valence-corrected chi connectivity index (χ0v) is 11.9. The van der Waals surface area contributed by atoms with Gasteiger partial charge in [0.25, 0.3) is 0 Å². The molecular weight excluding hydrogens is 224 g/mol. The summed E-state index contributed by atoms with van der Waals surface area (Å²) in [5.41, 5.74) is 2.58. The highest BCUT2D eigenvalue weighted by molar-refractivity contribution is 5.73. The van der Waals surface area contributed by atoms with E-state index in [-0.39, 0.29) is 11.9 Å². The molecule has 0 aromatic heterocycles. The molecule has 1 aromatic carbocycles. The molecule has 1 aromatic rings. The predicted molar refractivity (Wildman–Crippen MR) is 75.5 cm³/mol. The Balaban J connectivity index is 0.000000771. The van der Waals surface area contributed by atoms with Gasteiger partial charge in [-0.25, -0.2) is 0 Å². The molecule has 1 aliphatic rings. The molecule has 1 aliphatic heterocycles. The second-order valence-electron chi connectivity index (χ2n) is 4.33. The highest BCUT2D eigenvalue weighted by Gasteiger charge is 2.22. The molecule has 3 nitrogen and oxygen atoms in total. The Bertz CT molecular complexity index is 390. The third-order valence-electron chi connectivity index (χ3n) is 3.18. The van der Waals surface area contributed by atoms with E-state index in [9.17, 15) is 4.79 Å². The molecule has 1 N–H and O–H groups in total. The summed E-state index contributed by atoms with van der Waals surface area (Å²) in [6.45, 7) is 10.2. The smallest absolute Gasteiger partial charge is 0.219 e. The number of nitrogens with zero attached hydrogens (tertiary/aromatic N) is 1. The molecule has 100 valence electrons. The maximum absolute atomic E-state index is 11.4. The summed E-state index contributed by atoms with van der Waals surface area (Å²) >= 11 is 0. The molecule has 0 aliphatic carbocycles. The monoisotopic (exact) mass is 248 g/mol. The van der Waals surface area contributed by atoms with Crippen molar-refractivity contribution in [3.63, 3.8) is 0 Å². The number of nitrogens with one attached hydrogen (secondary N) is 1. The minimum absolute atomic E-state index is 0.167. The van der Waals surface area contributed by atoms with Gasteiger partial charge in [0.15, 0.2) is 0 Å². The number of rotatable bonds is 1. The Morgan fingerprint density at radius 1 is 1.33 bits per heavy atom. The Labute approximate surface area is 110 Å². The van der Waals surface area contributed by atoms with Gasteiger partial charge in [-0.2, -0.15) is 0 Å². The first-order valence-corrected chi connectivity index (χ1v) is 6.73. The second kappa shape index (κ2) is 7.17. The van der Waals surface area contributed by atoms with Crippen molar-refractivity contribution in [2.24, 2.45) is 0 Å². The van der Waals surface area contributed by atoms with Crippen LogP contribution in [0.2, 0.25) is 0 Å². The van der Waals surface area contributed by atoms with E-state index in [1.54, 1.807) is 6.92 Å². The van der Waals surface area contributed by atoms with Crippen LogP contribution in [0.15, 0.2) is 24.3 Å². The fourth-order valence-corrected chi connectivity index (χ4v) is 2.22. The number of carbonyl (C=O) groups excluding carboxylic acids is 1. The van der Waals surface area contributed by atoms with Crippen LogP contribution in [0.1, 0.15) is 37.9 Å². The first kappa shape index (κ1) is 14.7. The van der Waals surface area contributed by atoms with E-state index in [0.717, 1.165) is 19.6 Å². The van der Waals surface area contributed by atoms with Gasteiger partial charge in [0.2, 0.25) is 5.91 Å². The van der Waals surface area contributed by atoms with Crippen molar-refractivity contribution >= 4 is 5.91 Å². The lowest BCUT2D eigenvalue weighted by Gasteiger charge is -2.34. The summed E-state index contributed by atoms with van der Waals surface area (Å²) in [6, 6.07) is 8.63. The van der Waals surface area contributed by atoms with Crippen LogP contribution in [0.3, 0.4) is 0 Å². The molecule has 1 amide bonds. The van der Waals surface area contributed by atoms with E-state index in [4.69, 9.17) is 0 Å². The first-order chi connectivity index (χ1) is 8.68. The van der Waals surface area contributed by atoms with Crippen LogP contribution in [0.5, 0.6) is 0 Å². The van der Waals surface area contributed by atoms with Crippen LogP contribution >= 0.6 is 0 Å². The lowest BCUT2D eigenvalue weighted by molar-refractivity contribution is -0.130.